The predicted molar refractivity (Wildman–Crippen MR) is 74.6 cm³/mol. The molecule has 0 saturated heterocycles. The summed E-state index contributed by atoms with van der Waals surface area (Å²) in [4.78, 5) is 11.6. The van der Waals surface area contributed by atoms with Crippen LogP contribution in [0.3, 0.4) is 0 Å². The first-order chi connectivity index (χ1) is 8.70. The Hall–Kier alpha value is -2.01. The van der Waals surface area contributed by atoms with Crippen LogP contribution in [-0.4, -0.2) is 11.2 Å². The summed E-state index contributed by atoms with van der Waals surface area (Å²) >= 11 is 1.66. The summed E-state index contributed by atoms with van der Waals surface area (Å²) in [6.45, 7) is 0. The van der Waals surface area contributed by atoms with Crippen molar-refractivity contribution >= 4 is 28.8 Å². The maximum absolute atomic E-state index is 10.9. The standard InChI is InChI=1S/C13H12N2O2S/c1-18-11-8-6-10(7-9-11)14-12-4-2-3-5-13(12)15(16)17/h2-9,14H,1H3. The molecule has 0 fully saturated rings. The van der Waals surface area contributed by atoms with Crippen LogP contribution in [0.25, 0.3) is 0 Å². The molecule has 0 radical (unpaired) electrons. The zero-order valence-corrected chi connectivity index (χ0v) is 10.6. The van der Waals surface area contributed by atoms with Crippen molar-refractivity contribution in [1.29, 1.82) is 0 Å². The third-order valence-electron chi connectivity index (χ3n) is 2.47. The molecule has 2 aromatic rings. The van der Waals surface area contributed by atoms with Gasteiger partial charge in [-0.05, 0) is 36.6 Å². The van der Waals surface area contributed by atoms with Gasteiger partial charge in [0, 0.05) is 16.6 Å². The Morgan fingerprint density at radius 1 is 1.11 bits per heavy atom. The molecule has 2 rings (SSSR count). The fraction of sp³-hybridized carbons (Fsp3) is 0.0769. The van der Waals surface area contributed by atoms with Gasteiger partial charge in [-0.3, -0.25) is 10.1 Å². The molecular weight excluding hydrogens is 248 g/mol. The van der Waals surface area contributed by atoms with E-state index in [4.69, 9.17) is 0 Å². The smallest absolute Gasteiger partial charge is 0.292 e. The average Bonchev–Trinajstić information content (AvgIpc) is 2.40. The molecule has 0 unspecified atom stereocenters. The average molecular weight is 260 g/mol. The Morgan fingerprint density at radius 3 is 2.39 bits per heavy atom. The quantitative estimate of drug-likeness (QED) is 0.511. The molecule has 0 aliphatic rings. The summed E-state index contributed by atoms with van der Waals surface area (Å²) in [6.07, 6.45) is 2.00. The fourth-order valence-corrected chi connectivity index (χ4v) is 1.98. The summed E-state index contributed by atoms with van der Waals surface area (Å²) in [5.74, 6) is 0. The Kier molecular flexibility index (Phi) is 3.84. The van der Waals surface area contributed by atoms with Gasteiger partial charge >= 0.3 is 0 Å². The van der Waals surface area contributed by atoms with Crippen molar-refractivity contribution < 1.29 is 4.92 Å². The molecule has 2 aromatic carbocycles. The van der Waals surface area contributed by atoms with Gasteiger partial charge in [0.05, 0.1) is 4.92 Å². The van der Waals surface area contributed by atoms with Crippen LogP contribution in [-0.2, 0) is 0 Å². The van der Waals surface area contributed by atoms with Gasteiger partial charge in [-0.2, -0.15) is 0 Å². The highest BCUT2D eigenvalue weighted by molar-refractivity contribution is 7.98. The molecule has 0 aliphatic heterocycles. The first kappa shape index (κ1) is 12.4. The lowest BCUT2D eigenvalue weighted by atomic mass is 10.2. The van der Waals surface area contributed by atoms with E-state index in [1.54, 1.807) is 30.0 Å². The molecule has 1 N–H and O–H groups in total. The Labute approximate surface area is 109 Å². The second-order valence-electron chi connectivity index (χ2n) is 3.63. The van der Waals surface area contributed by atoms with E-state index in [-0.39, 0.29) is 5.69 Å². The molecule has 4 nitrogen and oxygen atoms in total. The second kappa shape index (κ2) is 5.55. The van der Waals surface area contributed by atoms with Crippen molar-refractivity contribution in [3.63, 3.8) is 0 Å². The molecule has 5 heteroatoms. The number of hydrogen-bond acceptors (Lipinski definition) is 4. The normalized spacial score (nSPS) is 10.1. The van der Waals surface area contributed by atoms with E-state index in [0.29, 0.717) is 5.69 Å². The van der Waals surface area contributed by atoms with Gasteiger partial charge in [-0.15, -0.1) is 11.8 Å². The molecule has 0 aromatic heterocycles. The topological polar surface area (TPSA) is 55.2 Å². The summed E-state index contributed by atoms with van der Waals surface area (Å²) in [7, 11) is 0. The van der Waals surface area contributed by atoms with E-state index >= 15 is 0 Å². The number of hydrogen-bond donors (Lipinski definition) is 1. The molecule has 0 atom stereocenters. The number of para-hydroxylation sites is 2. The van der Waals surface area contributed by atoms with E-state index in [2.05, 4.69) is 5.32 Å². The van der Waals surface area contributed by atoms with E-state index < -0.39 is 4.92 Å². The zero-order chi connectivity index (χ0) is 13.0. The number of rotatable bonds is 4. The van der Waals surface area contributed by atoms with Crippen molar-refractivity contribution in [2.45, 2.75) is 4.90 Å². The van der Waals surface area contributed by atoms with Gasteiger partial charge in [0.15, 0.2) is 0 Å². The largest absolute Gasteiger partial charge is 0.350 e. The number of nitrogens with one attached hydrogen (secondary N) is 1. The van der Waals surface area contributed by atoms with E-state index in [9.17, 15) is 10.1 Å². The zero-order valence-electron chi connectivity index (χ0n) is 9.79. The van der Waals surface area contributed by atoms with Crippen LogP contribution in [0.4, 0.5) is 17.1 Å². The lowest BCUT2D eigenvalue weighted by Crippen LogP contribution is -1.96. The monoisotopic (exact) mass is 260 g/mol. The molecule has 0 heterocycles. The maximum Gasteiger partial charge on any atom is 0.292 e. The predicted octanol–water partition coefficient (Wildman–Crippen LogP) is 4.06. The third kappa shape index (κ3) is 2.81. The highest BCUT2D eigenvalue weighted by Crippen LogP contribution is 2.27. The van der Waals surface area contributed by atoms with Crippen LogP contribution in [0.15, 0.2) is 53.4 Å². The minimum Gasteiger partial charge on any atom is -0.350 e. The summed E-state index contributed by atoms with van der Waals surface area (Å²) in [5, 5.41) is 13.9. The minimum absolute atomic E-state index is 0.0754. The fourth-order valence-electron chi connectivity index (χ4n) is 1.57. The van der Waals surface area contributed by atoms with E-state index in [1.165, 1.54) is 6.07 Å². The lowest BCUT2D eigenvalue weighted by molar-refractivity contribution is -0.383. The Bertz CT molecular complexity index is 555. The van der Waals surface area contributed by atoms with Crippen LogP contribution < -0.4 is 5.32 Å². The molecule has 0 spiro atoms. The van der Waals surface area contributed by atoms with Crippen LogP contribution >= 0.6 is 11.8 Å². The minimum atomic E-state index is -0.390. The Balaban J connectivity index is 2.25. The molecule has 18 heavy (non-hydrogen) atoms. The molecular formula is C13H12N2O2S. The van der Waals surface area contributed by atoms with Crippen LogP contribution in [0.2, 0.25) is 0 Å². The number of anilines is 2. The second-order valence-corrected chi connectivity index (χ2v) is 4.51. The molecule has 0 saturated carbocycles. The van der Waals surface area contributed by atoms with E-state index in [1.807, 2.05) is 30.5 Å². The van der Waals surface area contributed by atoms with E-state index in [0.717, 1.165) is 10.6 Å². The SMILES string of the molecule is CSc1ccc(Nc2ccccc2[N+](=O)[O-])cc1. The lowest BCUT2D eigenvalue weighted by Gasteiger charge is -2.07. The highest BCUT2D eigenvalue weighted by Gasteiger charge is 2.11. The number of benzene rings is 2. The van der Waals surface area contributed by atoms with Crippen molar-refractivity contribution in [3.8, 4) is 0 Å². The Morgan fingerprint density at radius 2 is 1.78 bits per heavy atom. The summed E-state index contributed by atoms with van der Waals surface area (Å²) in [5.41, 5.74) is 1.41. The van der Waals surface area contributed by atoms with Gasteiger partial charge < -0.3 is 5.32 Å². The first-order valence-corrected chi connectivity index (χ1v) is 6.57. The van der Waals surface area contributed by atoms with Crippen molar-refractivity contribution in [3.05, 3.63) is 58.6 Å². The van der Waals surface area contributed by atoms with Gasteiger partial charge in [-0.25, -0.2) is 0 Å². The summed E-state index contributed by atoms with van der Waals surface area (Å²) in [6, 6.07) is 14.4. The molecule has 0 aliphatic carbocycles. The third-order valence-corrected chi connectivity index (χ3v) is 3.21. The first-order valence-electron chi connectivity index (χ1n) is 5.35. The number of thioether (sulfide) groups is 1. The summed E-state index contributed by atoms with van der Waals surface area (Å²) < 4.78 is 0. The van der Waals surface area contributed by atoms with Crippen LogP contribution in [0.1, 0.15) is 0 Å². The molecule has 92 valence electrons. The van der Waals surface area contributed by atoms with Crippen molar-refractivity contribution in [2.24, 2.45) is 0 Å². The number of nitrogens with zero attached hydrogens (tertiary/aromatic N) is 1. The highest BCUT2D eigenvalue weighted by atomic mass is 32.2. The van der Waals surface area contributed by atoms with Gasteiger partial charge in [0.25, 0.3) is 5.69 Å². The molecule has 0 amide bonds. The van der Waals surface area contributed by atoms with Gasteiger partial charge in [-0.1, -0.05) is 12.1 Å². The number of nitro benzene ring substituents is 1. The van der Waals surface area contributed by atoms with Gasteiger partial charge in [0.2, 0.25) is 0 Å². The molecule has 0 bridgehead atoms. The van der Waals surface area contributed by atoms with Crippen molar-refractivity contribution in [2.75, 3.05) is 11.6 Å². The van der Waals surface area contributed by atoms with Crippen molar-refractivity contribution in [1.82, 2.24) is 0 Å². The maximum atomic E-state index is 10.9. The van der Waals surface area contributed by atoms with Gasteiger partial charge in [0.1, 0.15) is 5.69 Å². The van der Waals surface area contributed by atoms with Crippen LogP contribution in [0, 0.1) is 10.1 Å². The number of nitro groups is 1. The van der Waals surface area contributed by atoms with Crippen LogP contribution in [0.5, 0.6) is 0 Å².